The zero-order chi connectivity index (χ0) is 12.3. The van der Waals surface area contributed by atoms with Crippen molar-refractivity contribution in [1.29, 1.82) is 0 Å². The van der Waals surface area contributed by atoms with Crippen molar-refractivity contribution in [1.82, 2.24) is 4.90 Å². The summed E-state index contributed by atoms with van der Waals surface area (Å²) in [7, 11) is -0.970. The van der Waals surface area contributed by atoms with Crippen molar-refractivity contribution >= 4 is 15.8 Å². The molecule has 0 aromatic carbocycles. The molecule has 0 radical (unpaired) electrons. The van der Waals surface area contributed by atoms with Gasteiger partial charge in [-0.15, -0.1) is 0 Å². The lowest BCUT2D eigenvalue weighted by Gasteiger charge is -2.34. The maximum Gasteiger partial charge on any atom is 0.304 e. The standard InChI is InChI=1S/C10H19NO4S/c1-8(7-10(12)13)11(2)9-3-5-16(14,15)6-4-9/h8-9H,3-7H2,1-2H3,(H,12,13). The SMILES string of the molecule is CC(CC(=O)O)N(C)C1CCS(=O)(=O)CC1. The summed E-state index contributed by atoms with van der Waals surface area (Å²) in [5.74, 6) is -0.369. The molecule has 6 heteroatoms. The molecule has 0 aromatic heterocycles. The number of carboxylic acid groups (broad SMARTS) is 1. The van der Waals surface area contributed by atoms with Gasteiger partial charge in [0.15, 0.2) is 0 Å². The Morgan fingerprint density at radius 2 is 1.94 bits per heavy atom. The summed E-state index contributed by atoms with van der Waals surface area (Å²) in [4.78, 5) is 12.6. The van der Waals surface area contributed by atoms with E-state index in [9.17, 15) is 13.2 Å². The van der Waals surface area contributed by atoms with Gasteiger partial charge in [-0.25, -0.2) is 8.42 Å². The number of carboxylic acids is 1. The maximum atomic E-state index is 11.3. The zero-order valence-electron chi connectivity index (χ0n) is 9.72. The molecule has 0 amide bonds. The van der Waals surface area contributed by atoms with Crippen molar-refractivity contribution in [3.8, 4) is 0 Å². The number of hydrogen-bond donors (Lipinski definition) is 1. The van der Waals surface area contributed by atoms with Crippen LogP contribution in [-0.4, -0.2) is 55.0 Å². The van der Waals surface area contributed by atoms with Crippen LogP contribution in [0.15, 0.2) is 0 Å². The molecule has 1 unspecified atom stereocenters. The second-order valence-corrected chi connectivity index (χ2v) is 6.80. The predicted molar refractivity (Wildman–Crippen MR) is 61.2 cm³/mol. The van der Waals surface area contributed by atoms with E-state index in [4.69, 9.17) is 5.11 Å². The van der Waals surface area contributed by atoms with Crippen LogP contribution in [0, 0.1) is 0 Å². The van der Waals surface area contributed by atoms with Gasteiger partial charge in [-0.05, 0) is 26.8 Å². The van der Waals surface area contributed by atoms with Gasteiger partial charge in [-0.3, -0.25) is 4.79 Å². The highest BCUT2D eigenvalue weighted by atomic mass is 32.2. The molecule has 0 aromatic rings. The minimum Gasteiger partial charge on any atom is -0.481 e. The summed E-state index contributed by atoms with van der Waals surface area (Å²) >= 11 is 0. The van der Waals surface area contributed by atoms with Crippen molar-refractivity contribution < 1.29 is 18.3 Å². The van der Waals surface area contributed by atoms with E-state index in [-0.39, 0.29) is 30.0 Å². The summed E-state index contributed by atoms with van der Waals surface area (Å²) in [5.41, 5.74) is 0. The van der Waals surface area contributed by atoms with E-state index >= 15 is 0 Å². The molecular weight excluding hydrogens is 230 g/mol. The van der Waals surface area contributed by atoms with Crippen LogP contribution in [0.25, 0.3) is 0 Å². The predicted octanol–water partition coefficient (Wildman–Crippen LogP) is 0.359. The Morgan fingerprint density at radius 1 is 1.44 bits per heavy atom. The van der Waals surface area contributed by atoms with Gasteiger partial charge in [0.2, 0.25) is 0 Å². The second-order valence-electron chi connectivity index (χ2n) is 4.50. The van der Waals surface area contributed by atoms with Crippen LogP contribution in [0.3, 0.4) is 0 Å². The molecule has 1 rings (SSSR count). The lowest BCUT2D eigenvalue weighted by Crippen LogP contribution is -2.44. The largest absolute Gasteiger partial charge is 0.481 e. The Morgan fingerprint density at radius 3 is 2.38 bits per heavy atom. The topological polar surface area (TPSA) is 74.7 Å². The van der Waals surface area contributed by atoms with E-state index in [1.807, 2.05) is 18.9 Å². The molecule has 94 valence electrons. The van der Waals surface area contributed by atoms with Gasteiger partial charge >= 0.3 is 5.97 Å². The zero-order valence-corrected chi connectivity index (χ0v) is 10.5. The van der Waals surface area contributed by atoms with Crippen molar-refractivity contribution in [3.63, 3.8) is 0 Å². The fourth-order valence-electron chi connectivity index (χ4n) is 2.04. The molecule has 0 bridgehead atoms. The molecule has 1 N–H and O–H groups in total. The van der Waals surface area contributed by atoms with E-state index in [2.05, 4.69) is 0 Å². The first-order valence-electron chi connectivity index (χ1n) is 5.46. The number of nitrogens with zero attached hydrogens (tertiary/aromatic N) is 1. The van der Waals surface area contributed by atoms with Crippen LogP contribution < -0.4 is 0 Å². The summed E-state index contributed by atoms with van der Waals surface area (Å²) in [6.07, 6.45) is 1.32. The first-order chi connectivity index (χ1) is 7.32. The van der Waals surface area contributed by atoms with Crippen molar-refractivity contribution in [3.05, 3.63) is 0 Å². The fraction of sp³-hybridized carbons (Fsp3) is 0.900. The highest BCUT2D eigenvalue weighted by molar-refractivity contribution is 7.91. The molecule has 0 saturated carbocycles. The van der Waals surface area contributed by atoms with Gasteiger partial charge < -0.3 is 10.0 Å². The minimum atomic E-state index is -2.84. The quantitative estimate of drug-likeness (QED) is 0.778. The van der Waals surface area contributed by atoms with Gasteiger partial charge in [0.1, 0.15) is 9.84 Å². The van der Waals surface area contributed by atoms with E-state index in [0.29, 0.717) is 12.8 Å². The molecule has 1 heterocycles. The van der Waals surface area contributed by atoms with Crippen molar-refractivity contribution in [2.45, 2.75) is 38.3 Å². The fourth-order valence-corrected chi connectivity index (χ4v) is 3.51. The van der Waals surface area contributed by atoms with Crippen molar-refractivity contribution in [2.75, 3.05) is 18.6 Å². The van der Waals surface area contributed by atoms with Crippen LogP contribution in [0.4, 0.5) is 0 Å². The average Bonchev–Trinajstić information content (AvgIpc) is 2.15. The maximum absolute atomic E-state index is 11.3. The molecule has 0 spiro atoms. The van der Waals surface area contributed by atoms with Crippen LogP contribution >= 0.6 is 0 Å². The van der Waals surface area contributed by atoms with E-state index in [1.165, 1.54) is 0 Å². The third kappa shape index (κ3) is 3.75. The summed E-state index contributed by atoms with van der Waals surface area (Å²) in [6.45, 7) is 1.86. The number of sulfone groups is 1. The molecule has 0 aliphatic carbocycles. The third-order valence-electron chi connectivity index (χ3n) is 3.27. The van der Waals surface area contributed by atoms with Crippen LogP contribution in [0.5, 0.6) is 0 Å². The van der Waals surface area contributed by atoms with Gasteiger partial charge in [0.25, 0.3) is 0 Å². The smallest absolute Gasteiger partial charge is 0.304 e. The summed E-state index contributed by atoms with van der Waals surface area (Å²) < 4.78 is 22.5. The Balaban J connectivity index is 2.50. The molecule has 1 aliphatic heterocycles. The molecule has 1 saturated heterocycles. The number of rotatable bonds is 4. The van der Waals surface area contributed by atoms with E-state index in [1.54, 1.807) is 0 Å². The number of hydrogen-bond acceptors (Lipinski definition) is 4. The molecule has 5 nitrogen and oxygen atoms in total. The lowest BCUT2D eigenvalue weighted by molar-refractivity contribution is -0.138. The monoisotopic (exact) mass is 249 g/mol. The van der Waals surface area contributed by atoms with Crippen LogP contribution in [0.2, 0.25) is 0 Å². The molecule has 1 atom stereocenters. The normalized spacial score (nSPS) is 23.2. The second kappa shape index (κ2) is 5.14. The Bertz CT molecular complexity index is 338. The number of carbonyl (C=O) groups is 1. The summed E-state index contributed by atoms with van der Waals surface area (Å²) in [6, 6.07) is 0.140. The molecular formula is C10H19NO4S. The van der Waals surface area contributed by atoms with Gasteiger partial charge in [-0.1, -0.05) is 0 Å². The Kier molecular flexibility index (Phi) is 4.32. The lowest BCUT2D eigenvalue weighted by atomic mass is 10.1. The van der Waals surface area contributed by atoms with E-state index < -0.39 is 15.8 Å². The van der Waals surface area contributed by atoms with Gasteiger partial charge in [0.05, 0.1) is 17.9 Å². The van der Waals surface area contributed by atoms with Crippen molar-refractivity contribution in [2.24, 2.45) is 0 Å². The van der Waals surface area contributed by atoms with E-state index in [0.717, 1.165) is 0 Å². The number of aliphatic carboxylic acids is 1. The average molecular weight is 249 g/mol. The molecule has 1 fully saturated rings. The Hall–Kier alpha value is -0.620. The minimum absolute atomic E-state index is 0.0525. The molecule has 1 aliphatic rings. The molecule has 16 heavy (non-hydrogen) atoms. The first-order valence-corrected chi connectivity index (χ1v) is 7.28. The van der Waals surface area contributed by atoms with Gasteiger partial charge in [-0.2, -0.15) is 0 Å². The highest BCUT2D eigenvalue weighted by Crippen LogP contribution is 2.19. The van der Waals surface area contributed by atoms with Crippen LogP contribution in [-0.2, 0) is 14.6 Å². The third-order valence-corrected chi connectivity index (χ3v) is 4.98. The van der Waals surface area contributed by atoms with Crippen LogP contribution in [0.1, 0.15) is 26.2 Å². The van der Waals surface area contributed by atoms with Gasteiger partial charge in [0, 0.05) is 12.1 Å². The highest BCUT2D eigenvalue weighted by Gasteiger charge is 2.28. The first kappa shape index (κ1) is 13.4. The summed E-state index contributed by atoms with van der Waals surface area (Å²) in [5, 5.41) is 8.69. The Labute approximate surface area is 96.4 Å².